The molecule has 2 aromatic heterocycles. The molecular weight excluding hydrogens is 381 g/mol. The molecule has 0 spiro atoms. The first-order valence-electron chi connectivity index (χ1n) is 7.58. The second-order valence-corrected chi connectivity index (χ2v) is 6.47. The van der Waals surface area contributed by atoms with E-state index in [9.17, 15) is 18.0 Å². The molecule has 1 amide bonds. The van der Waals surface area contributed by atoms with E-state index >= 15 is 0 Å². The predicted molar refractivity (Wildman–Crippen MR) is 92.3 cm³/mol. The van der Waals surface area contributed by atoms with Gasteiger partial charge in [-0.05, 0) is 24.3 Å². The molecule has 10 heteroatoms. The predicted octanol–water partition coefficient (Wildman–Crippen LogP) is 4.62. The number of halogens is 3. The Morgan fingerprint density at radius 1 is 1.04 bits per heavy atom. The Hall–Kier alpha value is -3.27. The van der Waals surface area contributed by atoms with Crippen LogP contribution in [0.5, 0.6) is 0 Å². The molecule has 0 atom stereocenters. The number of nitrogens with one attached hydrogen (secondary N) is 1. The first-order valence-corrected chi connectivity index (χ1v) is 8.40. The van der Waals surface area contributed by atoms with E-state index < -0.39 is 12.1 Å². The third kappa shape index (κ3) is 3.51. The Balaban J connectivity index is 1.51. The lowest BCUT2D eigenvalue weighted by atomic mass is 10.1. The molecule has 0 aliphatic heterocycles. The van der Waals surface area contributed by atoms with Gasteiger partial charge >= 0.3 is 12.1 Å². The summed E-state index contributed by atoms with van der Waals surface area (Å²) >= 11 is 1.34. The highest BCUT2D eigenvalue weighted by atomic mass is 32.1. The molecule has 4 rings (SSSR count). The van der Waals surface area contributed by atoms with Gasteiger partial charge in [-0.25, -0.2) is 4.98 Å². The molecule has 0 bridgehead atoms. The monoisotopic (exact) mass is 390 g/mol. The van der Waals surface area contributed by atoms with Gasteiger partial charge in [0.2, 0.25) is 5.82 Å². The highest BCUT2D eigenvalue weighted by molar-refractivity contribution is 7.22. The Kier molecular flexibility index (Phi) is 4.11. The molecule has 0 aliphatic carbocycles. The fourth-order valence-electron chi connectivity index (χ4n) is 2.32. The smallest absolute Gasteiger partial charge is 0.329 e. The van der Waals surface area contributed by atoms with Crippen LogP contribution >= 0.6 is 11.3 Å². The molecule has 0 saturated carbocycles. The standard InChI is InChI=1S/C17H9F3N4O2S/c18-17(19,20)15-22-13(24-26-15)9-5-7-10(8-6-9)14(25)23-16-21-11-3-1-2-4-12(11)27-16/h1-8H,(H,21,23,25). The summed E-state index contributed by atoms with van der Waals surface area (Å²) in [7, 11) is 0. The van der Waals surface area contributed by atoms with Crippen LogP contribution < -0.4 is 5.32 Å². The van der Waals surface area contributed by atoms with E-state index in [4.69, 9.17) is 0 Å². The maximum Gasteiger partial charge on any atom is 0.471 e. The van der Waals surface area contributed by atoms with Gasteiger partial charge in [-0.15, -0.1) is 0 Å². The molecule has 2 heterocycles. The molecular formula is C17H9F3N4O2S. The van der Waals surface area contributed by atoms with Crippen LogP contribution in [0.3, 0.4) is 0 Å². The largest absolute Gasteiger partial charge is 0.471 e. The summed E-state index contributed by atoms with van der Waals surface area (Å²) < 4.78 is 42.7. The summed E-state index contributed by atoms with van der Waals surface area (Å²) in [4.78, 5) is 20.0. The molecule has 0 radical (unpaired) electrons. The maximum absolute atomic E-state index is 12.5. The third-order valence-electron chi connectivity index (χ3n) is 3.59. The molecule has 0 saturated heterocycles. The average Bonchev–Trinajstić information content (AvgIpc) is 3.28. The van der Waals surface area contributed by atoms with Gasteiger partial charge in [0, 0.05) is 11.1 Å². The number of hydrogen-bond acceptors (Lipinski definition) is 6. The summed E-state index contributed by atoms with van der Waals surface area (Å²) in [5.74, 6) is -2.01. The van der Waals surface area contributed by atoms with E-state index in [-0.39, 0.29) is 11.7 Å². The van der Waals surface area contributed by atoms with Gasteiger partial charge < -0.3 is 4.52 Å². The quantitative estimate of drug-likeness (QED) is 0.552. The van der Waals surface area contributed by atoms with Crippen LogP contribution in [0.25, 0.3) is 21.6 Å². The van der Waals surface area contributed by atoms with Crippen LogP contribution in [0.1, 0.15) is 16.2 Å². The Labute approximate surface area is 153 Å². The van der Waals surface area contributed by atoms with Crippen molar-refractivity contribution in [2.24, 2.45) is 0 Å². The number of aromatic nitrogens is 3. The van der Waals surface area contributed by atoms with Gasteiger partial charge in [0.05, 0.1) is 10.2 Å². The zero-order valence-corrected chi connectivity index (χ0v) is 14.1. The van der Waals surface area contributed by atoms with Crippen LogP contribution in [0.2, 0.25) is 0 Å². The van der Waals surface area contributed by atoms with Crippen LogP contribution in [0.4, 0.5) is 18.3 Å². The van der Waals surface area contributed by atoms with Gasteiger partial charge in [0.1, 0.15) is 0 Å². The summed E-state index contributed by atoms with van der Waals surface area (Å²) in [6.07, 6.45) is -4.71. The van der Waals surface area contributed by atoms with E-state index in [1.807, 2.05) is 24.3 Å². The van der Waals surface area contributed by atoms with E-state index in [1.165, 1.54) is 35.6 Å². The van der Waals surface area contributed by atoms with Crippen LogP contribution in [-0.2, 0) is 6.18 Å². The van der Waals surface area contributed by atoms with Gasteiger partial charge in [0.25, 0.3) is 5.91 Å². The van der Waals surface area contributed by atoms with Gasteiger partial charge in [-0.2, -0.15) is 18.2 Å². The van der Waals surface area contributed by atoms with Crippen LogP contribution in [0.15, 0.2) is 53.1 Å². The van der Waals surface area contributed by atoms with Crippen LogP contribution in [-0.4, -0.2) is 21.0 Å². The lowest BCUT2D eigenvalue weighted by Crippen LogP contribution is -2.11. The molecule has 4 aromatic rings. The number of carbonyl (C=O) groups is 1. The number of benzene rings is 2. The number of thiazole rings is 1. The first-order chi connectivity index (χ1) is 12.9. The molecule has 0 fully saturated rings. The van der Waals surface area contributed by atoms with Crippen molar-refractivity contribution < 1.29 is 22.5 Å². The van der Waals surface area contributed by atoms with E-state index in [0.29, 0.717) is 16.3 Å². The van der Waals surface area contributed by atoms with E-state index in [2.05, 4.69) is 25.0 Å². The lowest BCUT2D eigenvalue weighted by Gasteiger charge is -2.02. The van der Waals surface area contributed by atoms with Crippen molar-refractivity contribution in [3.8, 4) is 11.4 Å². The molecule has 0 aliphatic rings. The minimum atomic E-state index is -4.71. The van der Waals surface area contributed by atoms with Crippen molar-refractivity contribution in [1.29, 1.82) is 0 Å². The zero-order chi connectivity index (χ0) is 19.0. The molecule has 27 heavy (non-hydrogen) atoms. The molecule has 136 valence electrons. The number of alkyl halides is 3. The van der Waals surface area contributed by atoms with E-state index in [1.54, 1.807) is 0 Å². The maximum atomic E-state index is 12.5. The second kappa shape index (κ2) is 6.47. The van der Waals surface area contributed by atoms with Crippen molar-refractivity contribution in [1.82, 2.24) is 15.1 Å². The molecule has 0 unspecified atom stereocenters. The van der Waals surface area contributed by atoms with E-state index in [0.717, 1.165) is 10.2 Å². The first kappa shape index (κ1) is 17.2. The number of para-hydroxylation sites is 1. The number of rotatable bonds is 3. The Morgan fingerprint density at radius 2 is 1.78 bits per heavy atom. The SMILES string of the molecule is O=C(Nc1nc2ccccc2s1)c1ccc(-c2noc(C(F)(F)F)n2)cc1. The van der Waals surface area contributed by atoms with Crippen molar-refractivity contribution in [3.05, 3.63) is 60.0 Å². The minimum absolute atomic E-state index is 0.208. The number of carbonyl (C=O) groups excluding carboxylic acids is 1. The van der Waals surface area contributed by atoms with Gasteiger partial charge in [-0.1, -0.05) is 40.8 Å². The van der Waals surface area contributed by atoms with Crippen molar-refractivity contribution in [2.75, 3.05) is 5.32 Å². The lowest BCUT2D eigenvalue weighted by molar-refractivity contribution is -0.159. The van der Waals surface area contributed by atoms with Crippen molar-refractivity contribution in [2.45, 2.75) is 6.18 Å². The summed E-state index contributed by atoms with van der Waals surface area (Å²) in [5.41, 5.74) is 1.40. The Morgan fingerprint density at radius 3 is 2.44 bits per heavy atom. The molecule has 2 aromatic carbocycles. The molecule has 6 nitrogen and oxygen atoms in total. The number of hydrogen-bond donors (Lipinski definition) is 1. The fourth-order valence-corrected chi connectivity index (χ4v) is 3.18. The zero-order valence-electron chi connectivity index (χ0n) is 13.3. The highest BCUT2D eigenvalue weighted by Crippen LogP contribution is 2.29. The normalized spacial score (nSPS) is 11.7. The molecule has 1 N–H and O–H groups in total. The average molecular weight is 390 g/mol. The topological polar surface area (TPSA) is 80.9 Å². The van der Waals surface area contributed by atoms with Gasteiger partial charge in [0.15, 0.2) is 5.13 Å². The van der Waals surface area contributed by atoms with Crippen LogP contribution in [0, 0.1) is 0 Å². The van der Waals surface area contributed by atoms with Crippen molar-refractivity contribution >= 4 is 32.6 Å². The number of nitrogens with zero attached hydrogens (tertiary/aromatic N) is 3. The third-order valence-corrected chi connectivity index (χ3v) is 4.54. The number of anilines is 1. The Bertz CT molecular complexity index is 1090. The second-order valence-electron chi connectivity index (χ2n) is 5.44. The highest BCUT2D eigenvalue weighted by Gasteiger charge is 2.38. The summed E-state index contributed by atoms with van der Waals surface area (Å²) in [6.45, 7) is 0. The number of fused-ring (bicyclic) bond motifs is 1. The summed E-state index contributed by atoms with van der Waals surface area (Å²) in [6, 6.07) is 13.3. The summed E-state index contributed by atoms with van der Waals surface area (Å²) in [5, 5.41) is 6.46. The van der Waals surface area contributed by atoms with Gasteiger partial charge in [-0.3, -0.25) is 10.1 Å². The van der Waals surface area contributed by atoms with Crippen molar-refractivity contribution in [3.63, 3.8) is 0 Å². The number of amides is 1. The fraction of sp³-hybridized carbons (Fsp3) is 0.0588. The minimum Gasteiger partial charge on any atom is -0.329 e.